The second-order valence-electron chi connectivity index (χ2n) is 10.6. The molecule has 41 heavy (non-hydrogen) atoms. The molecular formula is C30H29FN8O2. The first-order valence-electron chi connectivity index (χ1n) is 13.2. The minimum absolute atomic E-state index is 0.132. The number of para-hydroxylation sites is 1. The number of aryl methyl sites for hydroxylation is 1. The van der Waals surface area contributed by atoms with E-state index in [1.54, 1.807) is 58.6 Å². The summed E-state index contributed by atoms with van der Waals surface area (Å²) in [5.41, 5.74) is 10.7. The lowest BCUT2D eigenvalue weighted by atomic mass is 9.95. The van der Waals surface area contributed by atoms with E-state index in [4.69, 9.17) is 5.73 Å². The van der Waals surface area contributed by atoms with Gasteiger partial charge in [0, 0.05) is 36.8 Å². The Morgan fingerprint density at radius 1 is 1.00 bits per heavy atom. The molecule has 0 atom stereocenters. The lowest BCUT2D eigenvalue weighted by Crippen LogP contribution is -2.64. The molecule has 2 amide bonds. The van der Waals surface area contributed by atoms with Crippen LogP contribution in [-0.2, 0) is 9.59 Å². The average molecular weight is 553 g/mol. The first-order chi connectivity index (χ1) is 19.6. The van der Waals surface area contributed by atoms with Crippen LogP contribution >= 0.6 is 0 Å². The maximum absolute atomic E-state index is 14.8. The number of hydrogen-bond acceptors (Lipinski definition) is 6. The number of fused-ring (bicyclic) bond motifs is 1. The third-order valence-corrected chi connectivity index (χ3v) is 7.75. The number of anilines is 2. The van der Waals surface area contributed by atoms with Crippen molar-refractivity contribution < 1.29 is 14.0 Å². The van der Waals surface area contributed by atoms with E-state index < -0.39 is 11.4 Å². The molecule has 1 fully saturated rings. The standard InChI is InChI=1S/C30H29FN8O2/c1-18-9-10-20(15-25(18)36-13-14-37(19(2)40)30(3,4)29(36)41)26-16-21(27-28(32)33-17-35-39(26)27)23-11-12-34-38(23)24-8-6-5-7-22(24)31/h5-12,15-17H,13-14H2,1-4H3,(H2,32,33,35). The Bertz CT molecular complexity index is 1840. The number of carbonyl (C=O) groups excluding carboxylic acids is 2. The van der Waals surface area contributed by atoms with Crippen molar-refractivity contribution in [1.29, 1.82) is 0 Å². The summed E-state index contributed by atoms with van der Waals surface area (Å²) < 4.78 is 18.0. The number of nitrogens with two attached hydrogens (primary N) is 1. The van der Waals surface area contributed by atoms with Crippen LogP contribution in [0, 0.1) is 12.7 Å². The second kappa shape index (κ2) is 9.54. The third kappa shape index (κ3) is 4.12. The molecule has 0 radical (unpaired) electrons. The van der Waals surface area contributed by atoms with Crippen LogP contribution < -0.4 is 10.6 Å². The van der Waals surface area contributed by atoms with Crippen LogP contribution in [-0.4, -0.2) is 59.7 Å². The molecular weight excluding hydrogens is 523 g/mol. The topological polar surface area (TPSA) is 115 Å². The highest BCUT2D eigenvalue weighted by atomic mass is 19.1. The number of benzene rings is 2. The molecule has 0 unspecified atom stereocenters. The number of rotatable bonds is 4. The fraction of sp³-hybridized carbons (Fsp3) is 0.233. The van der Waals surface area contributed by atoms with Crippen molar-refractivity contribution in [2.75, 3.05) is 23.7 Å². The largest absolute Gasteiger partial charge is 0.382 e. The van der Waals surface area contributed by atoms with E-state index >= 15 is 0 Å². The van der Waals surface area contributed by atoms with E-state index in [0.29, 0.717) is 41.2 Å². The summed E-state index contributed by atoms with van der Waals surface area (Å²) in [6, 6.07) is 16.0. The van der Waals surface area contributed by atoms with Crippen molar-refractivity contribution >= 4 is 28.8 Å². The molecule has 6 rings (SSSR count). The highest BCUT2D eigenvalue weighted by Crippen LogP contribution is 2.38. The van der Waals surface area contributed by atoms with Gasteiger partial charge in [0.1, 0.15) is 28.9 Å². The normalized spacial score (nSPS) is 15.1. The summed E-state index contributed by atoms with van der Waals surface area (Å²) in [4.78, 5) is 33.4. The number of hydrogen-bond donors (Lipinski definition) is 1. The van der Waals surface area contributed by atoms with E-state index in [1.165, 1.54) is 24.0 Å². The van der Waals surface area contributed by atoms with Crippen molar-refractivity contribution in [2.24, 2.45) is 0 Å². The van der Waals surface area contributed by atoms with Crippen LogP contribution in [0.25, 0.3) is 33.7 Å². The van der Waals surface area contributed by atoms with Crippen LogP contribution in [0.3, 0.4) is 0 Å². The van der Waals surface area contributed by atoms with Crippen LogP contribution in [0.15, 0.2) is 67.1 Å². The van der Waals surface area contributed by atoms with Gasteiger partial charge in [-0.1, -0.05) is 24.3 Å². The van der Waals surface area contributed by atoms with E-state index in [-0.39, 0.29) is 17.6 Å². The smallest absolute Gasteiger partial charge is 0.252 e. The highest BCUT2D eigenvalue weighted by molar-refractivity contribution is 6.03. The summed E-state index contributed by atoms with van der Waals surface area (Å²) in [6.07, 6.45) is 2.98. The maximum Gasteiger partial charge on any atom is 0.252 e. The quantitative estimate of drug-likeness (QED) is 0.357. The number of halogens is 1. The highest BCUT2D eigenvalue weighted by Gasteiger charge is 2.44. The van der Waals surface area contributed by atoms with E-state index in [9.17, 15) is 14.0 Å². The monoisotopic (exact) mass is 552 g/mol. The second-order valence-corrected chi connectivity index (χ2v) is 10.6. The Hall–Kier alpha value is -5.06. The molecule has 2 N–H and O–H groups in total. The average Bonchev–Trinajstić information content (AvgIpc) is 3.56. The molecule has 0 bridgehead atoms. The number of nitrogens with zero attached hydrogens (tertiary/aromatic N) is 7. The summed E-state index contributed by atoms with van der Waals surface area (Å²) in [5, 5.41) is 8.88. The summed E-state index contributed by atoms with van der Waals surface area (Å²) >= 11 is 0. The molecule has 4 heterocycles. The molecule has 1 saturated heterocycles. The zero-order valence-corrected chi connectivity index (χ0v) is 23.2. The Kier molecular flexibility index (Phi) is 6.09. The molecule has 3 aromatic heterocycles. The van der Waals surface area contributed by atoms with Gasteiger partial charge >= 0.3 is 0 Å². The van der Waals surface area contributed by atoms with Gasteiger partial charge in [0.15, 0.2) is 5.82 Å². The molecule has 0 aliphatic carbocycles. The molecule has 208 valence electrons. The zero-order chi connectivity index (χ0) is 29.1. The lowest BCUT2D eigenvalue weighted by molar-refractivity contribution is -0.145. The predicted molar refractivity (Wildman–Crippen MR) is 154 cm³/mol. The first-order valence-corrected chi connectivity index (χ1v) is 13.2. The van der Waals surface area contributed by atoms with Crippen LogP contribution in [0.2, 0.25) is 0 Å². The van der Waals surface area contributed by atoms with Crippen molar-refractivity contribution in [3.63, 3.8) is 0 Å². The molecule has 0 saturated carbocycles. The number of aromatic nitrogens is 5. The van der Waals surface area contributed by atoms with Gasteiger partial charge in [-0.05, 0) is 56.7 Å². The molecule has 0 spiro atoms. The summed E-state index contributed by atoms with van der Waals surface area (Å²) in [6.45, 7) is 7.78. The Morgan fingerprint density at radius 3 is 2.54 bits per heavy atom. The van der Waals surface area contributed by atoms with E-state index in [1.807, 2.05) is 31.2 Å². The number of amides is 2. The van der Waals surface area contributed by atoms with Crippen LogP contribution in [0.4, 0.5) is 15.9 Å². The fourth-order valence-corrected chi connectivity index (χ4v) is 5.66. The van der Waals surface area contributed by atoms with Crippen LogP contribution in [0.1, 0.15) is 26.3 Å². The van der Waals surface area contributed by atoms with Crippen LogP contribution in [0.5, 0.6) is 0 Å². The molecule has 1 aliphatic heterocycles. The summed E-state index contributed by atoms with van der Waals surface area (Å²) in [7, 11) is 0. The fourth-order valence-electron chi connectivity index (χ4n) is 5.66. The van der Waals surface area contributed by atoms with Crippen molar-refractivity contribution in [1.82, 2.24) is 29.3 Å². The Labute approximate surface area is 235 Å². The van der Waals surface area contributed by atoms with Crippen molar-refractivity contribution in [2.45, 2.75) is 33.2 Å². The van der Waals surface area contributed by atoms with Crippen molar-refractivity contribution in [3.8, 4) is 28.2 Å². The Balaban J connectivity index is 1.50. The minimum atomic E-state index is -0.978. The lowest BCUT2D eigenvalue weighted by Gasteiger charge is -2.45. The molecule has 11 heteroatoms. The van der Waals surface area contributed by atoms with E-state index in [2.05, 4.69) is 15.2 Å². The van der Waals surface area contributed by atoms with Gasteiger partial charge in [0.25, 0.3) is 5.91 Å². The number of carbonyl (C=O) groups is 2. The maximum atomic E-state index is 14.8. The van der Waals surface area contributed by atoms with Gasteiger partial charge in [0.2, 0.25) is 5.91 Å². The molecule has 2 aromatic carbocycles. The zero-order valence-electron chi connectivity index (χ0n) is 23.2. The van der Waals surface area contributed by atoms with Gasteiger partial charge in [-0.25, -0.2) is 18.6 Å². The first kappa shape index (κ1) is 26.2. The summed E-state index contributed by atoms with van der Waals surface area (Å²) in [5.74, 6) is -0.439. The predicted octanol–water partition coefficient (Wildman–Crippen LogP) is 4.25. The number of piperazine rings is 1. The molecule has 10 nitrogen and oxygen atoms in total. The van der Waals surface area contributed by atoms with E-state index in [0.717, 1.165) is 16.8 Å². The van der Waals surface area contributed by atoms with Crippen molar-refractivity contribution in [3.05, 3.63) is 78.5 Å². The van der Waals surface area contributed by atoms with Gasteiger partial charge in [-0.15, -0.1) is 0 Å². The third-order valence-electron chi connectivity index (χ3n) is 7.75. The minimum Gasteiger partial charge on any atom is -0.382 e. The molecule has 5 aromatic rings. The van der Waals surface area contributed by atoms with Gasteiger partial charge in [0.05, 0.1) is 17.6 Å². The SMILES string of the molecule is CC(=O)N1CCN(c2cc(-c3cc(-c4ccnn4-c4ccccc4F)c4c(N)ncnn34)ccc2C)C(=O)C1(C)C. The Morgan fingerprint density at radius 2 is 1.78 bits per heavy atom. The number of nitrogen functional groups attached to an aromatic ring is 1. The van der Waals surface area contributed by atoms with Gasteiger partial charge < -0.3 is 15.5 Å². The van der Waals surface area contributed by atoms with Gasteiger partial charge in [-0.3, -0.25) is 9.59 Å². The van der Waals surface area contributed by atoms with Gasteiger partial charge in [-0.2, -0.15) is 10.2 Å². The molecule has 1 aliphatic rings.